The highest BCUT2D eigenvalue weighted by Crippen LogP contribution is 2.45. The zero-order valence-electron chi connectivity index (χ0n) is 49.2. The molecule has 0 aliphatic carbocycles. The topological polar surface area (TPSA) is 210 Å². The maximum absolute atomic E-state index is 12.6. The summed E-state index contributed by atoms with van der Waals surface area (Å²) in [5.41, 5.74) is 6.31. The number of carbonyl (C=O) groups is 8. The average Bonchev–Trinajstić information content (AvgIpc) is 2.81. The van der Waals surface area contributed by atoms with Crippen molar-refractivity contribution in [1.82, 2.24) is 0 Å². The second kappa shape index (κ2) is 28.6. The van der Waals surface area contributed by atoms with Gasteiger partial charge in [0.2, 0.25) is 0 Å². The molecular weight excluding hydrogens is 1130 g/mol. The highest BCUT2D eigenvalue weighted by Gasteiger charge is 2.38. The standard InChI is InChI=1S/C73H52O16/c1-82-65(74)53-33-49(34-54(41-53)66(75)83-2)13-9-45-17-25-61(26-18-45)73(62-27-19-46(20-28-62)10-14-50-35-55(67(76)84-3)42-56(36-50)68(77)85-4,63-29-21-47(22-30-63)11-15-51-37-57(69(78)86-5)43-58(38-51)70(79)87-6)64-31-23-48(24-32-64)12-16-52-39-59(71(80)88-7)44-60(40-52)72(81)89-8/h17-44H,1-8H3. The Kier molecular flexibility index (Phi) is 20.2. The number of esters is 8. The number of rotatable bonds is 12. The van der Waals surface area contributed by atoms with E-state index in [0.29, 0.717) is 44.5 Å². The summed E-state index contributed by atoms with van der Waals surface area (Å²) in [4.78, 5) is 101. The van der Waals surface area contributed by atoms with E-state index in [1.54, 1.807) is 0 Å². The van der Waals surface area contributed by atoms with E-state index in [-0.39, 0.29) is 44.5 Å². The van der Waals surface area contributed by atoms with Crippen LogP contribution >= 0.6 is 0 Å². The Morgan fingerprint density at radius 3 is 0.483 bits per heavy atom. The van der Waals surface area contributed by atoms with Crippen LogP contribution < -0.4 is 0 Å². The van der Waals surface area contributed by atoms with Crippen molar-refractivity contribution < 1.29 is 76.3 Å². The monoisotopic (exact) mass is 1180 g/mol. The van der Waals surface area contributed by atoms with Crippen LogP contribution in [-0.4, -0.2) is 105 Å². The smallest absolute Gasteiger partial charge is 0.337 e. The lowest BCUT2D eigenvalue weighted by Gasteiger charge is -2.37. The van der Waals surface area contributed by atoms with E-state index in [0.717, 1.165) is 22.3 Å². The van der Waals surface area contributed by atoms with Crippen LogP contribution in [-0.2, 0) is 43.3 Å². The summed E-state index contributed by atoms with van der Waals surface area (Å²) in [6.07, 6.45) is 0. The number of hydrogen-bond donors (Lipinski definition) is 0. The minimum atomic E-state index is -1.18. The fraction of sp³-hybridized carbons (Fsp3) is 0.123. The van der Waals surface area contributed by atoms with Gasteiger partial charge >= 0.3 is 47.8 Å². The Bertz CT molecular complexity index is 3690. The minimum Gasteiger partial charge on any atom is -0.465 e. The Hall–Kier alpha value is -12.2. The molecule has 8 rings (SSSR count). The van der Waals surface area contributed by atoms with Gasteiger partial charge in [-0.1, -0.05) is 95.9 Å². The third kappa shape index (κ3) is 14.6. The molecule has 440 valence electrons. The summed E-state index contributed by atoms with van der Waals surface area (Å²) >= 11 is 0. The van der Waals surface area contributed by atoms with Crippen LogP contribution in [0.1, 0.15) is 150 Å². The molecule has 0 unspecified atom stereocenters. The second-order valence-corrected chi connectivity index (χ2v) is 19.2. The molecule has 8 aromatic rings. The molecule has 0 heterocycles. The summed E-state index contributed by atoms with van der Waals surface area (Å²) in [5.74, 6) is 19.6. The molecule has 0 radical (unpaired) electrons. The van der Waals surface area contributed by atoms with Crippen LogP contribution in [0.3, 0.4) is 0 Å². The Balaban J connectivity index is 1.32. The highest BCUT2D eigenvalue weighted by atomic mass is 16.5. The SMILES string of the molecule is COC(=O)c1cc(C#Cc2ccc(C(c3ccc(C#Cc4cc(C(=O)OC)cc(C(=O)OC)c4)cc3)(c3ccc(C#Cc4cc(C(=O)OC)cc(C(=O)OC)c4)cc3)c3ccc(C#Cc4cc(C(=O)OC)cc(C(=O)OC)c4)cc3)cc2)cc(C(=O)OC)c1. The van der Waals surface area contributed by atoms with Gasteiger partial charge in [-0.2, -0.15) is 0 Å². The van der Waals surface area contributed by atoms with Crippen LogP contribution in [0.2, 0.25) is 0 Å². The molecule has 0 saturated carbocycles. The molecule has 0 aromatic heterocycles. The molecule has 0 aliphatic heterocycles. The van der Waals surface area contributed by atoms with Gasteiger partial charge in [-0.15, -0.1) is 0 Å². The summed E-state index contributed by atoms with van der Waals surface area (Å²) < 4.78 is 39.5. The summed E-state index contributed by atoms with van der Waals surface area (Å²) in [5, 5.41) is 0. The first-order valence-corrected chi connectivity index (χ1v) is 26.7. The lowest BCUT2D eigenvalue weighted by atomic mass is 9.65. The molecule has 16 heteroatoms. The van der Waals surface area contributed by atoms with Crippen molar-refractivity contribution in [2.24, 2.45) is 0 Å². The number of carbonyl (C=O) groups excluding carboxylic acids is 8. The molecule has 16 nitrogen and oxygen atoms in total. The van der Waals surface area contributed by atoms with Gasteiger partial charge < -0.3 is 37.9 Å². The first-order chi connectivity index (χ1) is 43.0. The van der Waals surface area contributed by atoms with Crippen molar-refractivity contribution >= 4 is 47.8 Å². The van der Waals surface area contributed by atoms with Gasteiger partial charge in [0.05, 0.1) is 107 Å². The number of ether oxygens (including phenoxy) is 8. The Labute approximate surface area is 512 Å². The first-order valence-electron chi connectivity index (χ1n) is 26.7. The Morgan fingerprint density at radius 1 is 0.213 bits per heavy atom. The van der Waals surface area contributed by atoms with E-state index in [9.17, 15) is 38.4 Å². The predicted molar refractivity (Wildman–Crippen MR) is 325 cm³/mol. The molecule has 89 heavy (non-hydrogen) atoms. The van der Waals surface area contributed by atoms with Gasteiger partial charge in [0, 0.05) is 44.5 Å². The molecule has 0 saturated heterocycles. The van der Waals surface area contributed by atoms with Gasteiger partial charge in [0.1, 0.15) is 0 Å². The summed E-state index contributed by atoms with van der Waals surface area (Å²) in [7, 11) is 9.84. The van der Waals surface area contributed by atoms with Crippen molar-refractivity contribution in [3.63, 3.8) is 0 Å². The van der Waals surface area contributed by atoms with Gasteiger partial charge in [-0.05, 0) is 144 Å². The fourth-order valence-corrected chi connectivity index (χ4v) is 9.48. The van der Waals surface area contributed by atoms with Crippen molar-refractivity contribution in [2.45, 2.75) is 5.41 Å². The van der Waals surface area contributed by atoms with Gasteiger partial charge in [-0.25, -0.2) is 38.4 Å². The van der Waals surface area contributed by atoms with Crippen LogP contribution in [0.4, 0.5) is 0 Å². The zero-order valence-corrected chi connectivity index (χ0v) is 49.2. The highest BCUT2D eigenvalue weighted by molar-refractivity contribution is 5.99. The molecule has 0 fully saturated rings. The molecule has 0 atom stereocenters. The van der Waals surface area contributed by atoms with Crippen molar-refractivity contribution in [3.8, 4) is 47.4 Å². The predicted octanol–water partition coefficient (Wildman–Crippen LogP) is 9.96. The lowest BCUT2D eigenvalue weighted by molar-refractivity contribution is 0.0581. The van der Waals surface area contributed by atoms with Crippen LogP contribution in [0.15, 0.2) is 170 Å². The molecule has 0 bridgehead atoms. The van der Waals surface area contributed by atoms with E-state index < -0.39 is 53.2 Å². The number of hydrogen-bond acceptors (Lipinski definition) is 16. The number of methoxy groups -OCH3 is 8. The quantitative estimate of drug-likeness (QED) is 0.0482. The van der Waals surface area contributed by atoms with Crippen molar-refractivity contribution in [1.29, 1.82) is 0 Å². The van der Waals surface area contributed by atoms with Gasteiger partial charge in [0.15, 0.2) is 0 Å². The Morgan fingerprint density at radius 2 is 0.348 bits per heavy atom. The van der Waals surface area contributed by atoms with Crippen LogP contribution in [0.25, 0.3) is 0 Å². The third-order valence-corrected chi connectivity index (χ3v) is 13.8. The van der Waals surface area contributed by atoms with E-state index in [1.165, 1.54) is 130 Å². The zero-order chi connectivity index (χ0) is 63.8. The molecule has 0 spiro atoms. The lowest BCUT2D eigenvalue weighted by Crippen LogP contribution is -2.31. The minimum absolute atomic E-state index is 0.104. The average molecular weight is 1190 g/mol. The van der Waals surface area contributed by atoms with E-state index in [2.05, 4.69) is 47.4 Å². The van der Waals surface area contributed by atoms with Crippen LogP contribution in [0.5, 0.6) is 0 Å². The second-order valence-electron chi connectivity index (χ2n) is 19.2. The summed E-state index contributed by atoms with van der Waals surface area (Å²) in [6.45, 7) is 0. The maximum atomic E-state index is 12.6. The van der Waals surface area contributed by atoms with Gasteiger partial charge in [-0.3, -0.25) is 0 Å². The third-order valence-electron chi connectivity index (χ3n) is 13.8. The largest absolute Gasteiger partial charge is 0.465 e. The summed E-state index contributed by atoms with van der Waals surface area (Å²) in [6, 6.07) is 47.7. The molecule has 0 amide bonds. The molecule has 0 aliphatic rings. The molecule has 0 N–H and O–H groups in total. The molecular formula is C73H52O16. The number of benzene rings is 8. The fourth-order valence-electron chi connectivity index (χ4n) is 9.48. The first kappa shape index (κ1) is 62.8. The normalized spacial score (nSPS) is 10.2. The molecule has 8 aromatic carbocycles. The van der Waals surface area contributed by atoms with Crippen LogP contribution in [0, 0.1) is 47.4 Å². The van der Waals surface area contributed by atoms with E-state index in [1.807, 2.05) is 97.1 Å². The van der Waals surface area contributed by atoms with Crippen molar-refractivity contribution in [2.75, 3.05) is 56.9 Å². The van der Waals surface area contributed by atoms with Gasteiger partial charge in [0.25, 0.3) is 0 Å². The van der Waals surface area contributed by atoms with E-state index >= 15 is 0 Å². The van der Waals surface area contributed by atoms with E-state index in [4.69, 9.17) is 37.9 Å². The van der Waals surface area contributed by atoms with Crippen molar-refractivity contribution in [3.05, 3.63) is 281 Å². The maximum Gasteiger partial charge on any atom is 0.337 e.